The molecular formula is C17H12F4N2O2. The fraction of sp³-hybridized carbons (Fsp3) is 0.176. The molecule has 0 saturated carbocycles. The molecule has 1 saturated heterocycles. The van der Waals surface area contributed by atoms with Crippen molar-refractivity contribution in [3.63, 3.8) is 0 Å². The van der Waals surface area contributed by atoms with E-state index in [2.05, 4.69) is 5.32 Å². The monoisotopic (exact) mass is 352 g/mol. The summed E-state index contributed by atoms with van der Waals surface area (Å²) in [4.78, 5) is 25.3. The first kappa shape index (κ1) is 16.9. The molecule has 1 unspecified atom stereocenters. The van der Waals surface area contributed by atoms with Crippen LogP contribution in [0.3, 0.4) is 0 Å². The highest BCUT2D eigenvalue weighted by molar-refractivity contribution is 6.03. The van der Waals surface area contributed by atoms with Crippen molar-refractivity contribution in [2.24, 2.45) is 5.92 Å². The standard InChI is InChI=1S/C17H12F4N2O2/c18-10-1-3-14(12(20)6-10)22-17(25)9-5-16(24)23(8-9)15-4-2-11(19)7-13(15)21/h1-4,6-7,9H,5,8H2,(H,22,25). The fourth-order valence-corrected chi connectivity index (χ4v) is 2.64. The third-order valence-corrected chi connectivity index (χ3v) is 3.89. The second-order valence-corrected chi connectivity index (χ2v) is 5.61. The lowest BCUT2D eigenvalue weighted by Crippen LogP contribution is -2.29. The summed E-state index contributed by atoms with van der Waals surface area (Å²) < 4.78 is 53.3. The highest BCUT2D eigenvalue weighted by Gasteiger charge is 2.36. The number of halogens is 4. The van der Waals surface area contributed by atoms with E-state index in [1.165, 1.54) is 0 Å². The Hall–Kier alpha value is -2.90. The van der Waals surface area contributed by atoms with Gasteiger partial charge in [0.2, 0.25) is 11.8 Å². The van der Waals surface area contributed by atoms with Crippen LogP contribution < -0.4 is 10.2 Å². The van der Waals surface area contributed by atoms with Crippen LogP contribution in [0.5, 0.6) is 0 Å². The summed E-state index contributed by atoms with van der Waals surface area (Å²) in [7, 11) is 0. The minimum absolute atomic E-state index is 0.129. The number of rotatable bonds is 3. The lowest BCUT2D eigenvalue weighted by Gasteiger charge is -2.17. The van der Waals surface area contributed by atoms with Gasteiger partial charge in [-0.15, -0.1) is 0 Å². The Morgan fingerprint density at radius 2 is 1.64 bits per heavy atom. The summed E-state index contributed by atoms with van der Waals surface area (Å²) in [5, 5.41) is 2.28. The molecule has 0 radical (unpaired) electrons. The van der Waals surface area contributed by atoms with Crippen molar-refractivity contribution in [2.45, 2.75) is 6.42 Å². The van der Waals surface area contributed by atoms with Crippen molar-refractivity contribution in [2.75, 3.05) is 16.8 Å². The molecule has 1 aliphatic heterocycles. The Labute approximate surface area is 140 Å². The van der Waals surface area contributed by atoms with Crippen LogP contribution in [0.15, 0.2) is 36.4 Å². The molecule has 130 valence electrons. The SMILES string of the molecule is O=C(Nc1ccc(F)cc1F)C1CC(=O)N(c2ccc(F)cc2F)C1. The number of nitrogens with zero attached hydrogens (tertiary/aromatic N) is 1. The van der Waals surface area contributed by atoms with Crippen LogP contribution >= 0.6 is 0 Å². The summed E-state index contributed by atoms with van der Waals surface area (Å²) >= 11 is 0. The van der Waals surface area contributed by atoms with Crippen LogP contribution in [0, 0.1) is 29.2 Å². The van der Waals surface area contributed by atoms with Crippen molar-refractivity contribution in [3.8, 4) is 0 Å². The molecule has 4 nitrogen and oxygen atoms in total. The number of hydrogen-bond acceptors (Lipinski definition) is 2. The molecule has 1 heterocycles. The molecule has 2 amide bonds. The fourth-order valence-electron chi connectivity index (χ4n) is 2.64. The number of amides is 2. The van der Waals surface area contributed by atoms with Crippen molar-refractivity contribution < 1.29 is 27.2 Å². The van der Waals surface area contributed by atoms with Crippen LogP contribution in [0.4, 0.5) is 28.9 Å². The van der Waals surface area contributed by atoms with E-state index in [1.807, 2.05) is 0 Å². The lowest BCUT2D eigenvalue weighted by molar-refractivity contribution is -0.122. The second kappa shape index (κ2) is 6.54. The van der Waals surface area contributed by atoms with Gasteiger partial charge in [0.15, 0.2) is 0 Å². The third-order valence-electron chi connectivity index (χ3n) is 3.89. The van der Waals surface area contributed by atoms with Gasteiger partial charge in [0, 0.05) is 25.1 Å². The summed E-state index contributed by atoms with van der Waals surface area (Å²) in [5.41, 5.74) is -0.347. The van der Waals surface area contributed by atoms with Gasteiger partial charge in [-0.05, 0) is 24.3 Å². The Bertz CT molecular complexity index is 857. The van der Waals surface area contributed by atoms with Gasteiger partial charge in [-0.3, -0.25) is 9.59 Å². The predicted octanol–water partition coefficient (Wildman–Crippen LogP) is 3.23. The molecule has 0 spiro atoms. The highest BCUT2D eigenvalue weighted by atomic mass is 19.1. The largest absolute Gasteiger partial charge is 0.323 e. The number of carbonyl (C=O) groups is 2. The van der Waals surface area contributed by atoms with Gasteiger partial charge in [-0.1, -0.05) is 0 Å². The highest BCUT2D eigenvalue weighted by Crippen LogP contribution is 2.29. The summed E-state index contributed by atoms with van der Waals surface area (Å²) in [6.45, 7) is -0.129. The number of hydrogen-bond donors (Lipinski definition) is 1. The Kier molecular flexibility index (Phi) is 4.43. The van der Waals surface area contributed by atoms with Gasteiger partial charge >= 0.3 is 0 Å². The molecule has 2 aromatic rings. The molecule has 1 fully saturated rings. The summed E-state index contributed by atoms with van der Waals surface area (Å²) in [6, 6.07) is 5.43. The maximum atomic E-state index is 13.8. The first-order chi connectivity index (χ1) is 11.8. The Morgan fingerprint density at radius 1 is 1.00 bits per heavy atom. The van der Waals surface area contributed by atoms with E-state index < -0.39 is 41.0 Å². The van der Waals surface area contributed by atoms with E-state index in [4.69, 9.17) is 0 Å². The molecule has 3 rings (SSSR count). The number of nitrogens with one attached hydrogen (secondary N) is 1. The zero-order valence-electron chi connectivity index (χ0n) is 12.7. The van der Waals surface area contributed by atoms with E-state index >= 15 is 0 Å². The first-order valence-corrected chi connectivity index (χ1v) is 7.36. The summed E-state index contributed by atoms with van der Waals surface area (Å²) in [6.07, 6.45) is -0.203. The number of benzene rings is 2. The molecule has 1 atom stereocenters. The average molecular weight is 352 g/mol. The number of anilines is 2. The zero-order valence-corrected chi connectivity index (χ0v) is 12.7. The average Bonchev–Trinajstić information content (AvgIpc) is 2.92. The van der Waals surface area contributed by atoms with Crippen LogP contribution in [0.25, 0.3) is 0 Å². The van der Waals surface area contributed by atoms with E-state index in [0.717, 1.165) is 29.2 Å². The maximum absolute atomic E-state index is 13.8. The number of carbonyl (C=O) groups excluding carboxylic acids is 2. The van der Waals surface area contributed by atoms with Crippen molar-refractivity contribution in [3.05, 3.63) is 59.7 Å². The quantitative estimate of drug-likeness (QED) is 0.863. The third kappa shape index (κ3) is 3.47. The molecule has 0 aromatic heterocycles. The van der Waals surface area contributed by atoms with Crippen molar-refractivity contribution in [1.82, 2.24) is 0 Å². The molecule has 1 aliphatic rings. The Balaban J connectivity index is 1.74. The van der Waals surface area contributed by atoms with Gasteiger partial charge in [0.05, 0.1) is 17.3 Å². The smallest absolute Gasteiger partial charge is 0.229 e. The normalized spacial score (nSPS) is 17.0. The van der Waals surface area contributed by atoms with Crippen LogP contribution in [0.2, 0.25) is 0 Å². The molecule has 0 aliphatic carbocycles. The van der Waals surface area contributed by atoms with Gasteiger partial charge in [-0.2, -0.15) is 0 Å². The summed E-state index contributed by atoms with van der Waals surface area (Å²) in [5.74, 6) is -5.44. The Morgan fingerprint density at radius 3 is 2.28 bits per heavy atom. The minimum atomic E-state index is -0.945. The van der Waals surface area contributed by atoms with Gasteiger partial charge in [0.25, 0.3) is 0 Å². The van der Waals surface area contributed by atoms with E-state index in [1.54, 1.807) is 0 Å². The lowest BCUT2D eigenvalue weighted by atomic mass is 10.1. The van der Waals surface area contributed by atoms with Gasteiger partial charge < -0.3 is 10.2 Å². The molecule has 25 heavy (non-hydrogen) atoms. The molecule has 1 N–H and O–H groups in total. The zero-order chi connectivity index (χ0) is 18.1. The van der Waals surface area contributed by atoms with E-state index in [9.17, 15) is 27.2 Å². The van der Waals surface area contributed by atoms with Crippen molar-refractivity contribution in [1.29, 1.82) is 0 Å². The van der Waals surface area contributed by atoms with Crippen LogP contribution in [0.1, 0.15) is 6.42 Å². The second-order valence-electron chi connectivity index (χ2n) is 5.61. The van der Waals surface area contributed by atoms with E-state index in [0.29, 0.717) is 12.1 Å². The van der Waals surface area contributed by atoms with Crippen LogP contribution in [-0.4, -0.2) is 18.4 Å². The molecular weight excluding hydrogens is 340 g/mol. The van der Waals surface area contributed by atoms with Crippen molar-refractivity contribution >= 4 is 23.2 Å². The predicted molar refractivity (Wildman–Crippen MR) is 81.8 cm³/mol. The van der Waals surface area contributed by atoms with Gasteiger partial charge in [0.1, 0.15) is 23.3 Å². The van der Waals surface area contributed by atoms with Gasteiger partial charge in [-0.25, -0.2) is 17.6 Å². The molecule has 2 aromatic carbocycles. The molecule has 8 heteroatoms. The first-order valence-electron chi connectivity index (χ1n) is 7.36. The minimum Gasteiger partial charge on any atom is -0.323 e. The molecule has 0 bridgehead atoms. The maximum Gasteiger partial charge on any atom is 0.229 e. The van der Waals surface area contributed by atoms with Crippen LogP contribution in [-0.2, 0) is 9.59 Å². The van der Waals surface area contributed by atoms with E-state index in [-0.39, 0.29) is 24.3 Å². The topological polar surface area (TPSA) is 49.4 Å².